The van der Waals surface area contributed by atoms with Gasteiger partial charge in [0.15, 0.2) is 0 Å². The highest BCUT2D eigenvalue weighted by molar-refractivity contribution is 6.19. The minimum Gasteiger partial charge on any atom is -0.489 e. The van der Waals surface area contributed by atoms with Crippen molar-refractivity contribution in [3.05, 3.63) is 119 Å². The molecule has 0 bridgehead atoms. The predicted octanol–water partition coefficient (Wildman–Crippen LogP) is 5.36. The van der Waals surface area contributed by atoms with Crippen molar-refractivity contribution in [2.45, 2.75) is 13.5 Å². The molecule has 0 N–H and O–H groups in total. The molecule has 4 aromatic rings. The van der Waals surface area contributed by atoms with Crippen molar-refractivity contribution in [1.82, 2.24) is 14.7 Å². The molecule has 0 atom stereocenters. The molecule has 0 unspecified atom stereocenters. The van der Waals surface area contributed by atoms with E-state index in [-0.39, 0.29) is 24.3 Å². The van der Waals surface area contributed by atoms with Crippen LogP contribution in [0.5, 0.6) is 5.75 Å². The highest BCUT2D eigenvalue weighted by Gasteiger charge is 2.35. The maximum atomic E-state index is 13.5. The molecule has 1 aliphatic rings. The van der Waals surface area contributed by atoms with Crippen LogP contribution in [0.4, 0.5) is 0 Å². The molecule has 8 heteroatoms. The van der Waals surface area contributed by atoms with Crippen LogP contribution in [0.1, 0.15) is 18.1 Å². The summed E-state index contributed by atoms with van der Waals surface area (Å²) in [7, 11) is 1.49. The van der Waals surface area contributed by atoms with E-state index in [4.69, 9.17) is 14.6 Å². The smallest absolute Gasteiger partial charge is 0.271 e. The summed E-state index contributed by atoms with van der Waals surface area (Å²) in [5.41, 5.74) is 4.45. The molecule has 8 nitrogen and oxygen atoms in total. The molecular formula is C33H28N4O4. The zero-order valence-corrected chi connectivity index (χ0v) is 22.8. The molecule has 0 aliphatic carbocycles. The third kappa shape index (κ3) is 5.86. The Morgan fingerprint density at radius 1 is 0.951 bits per heavy atom. The van der Waals surface area contributed by atoms with Crippen molar-refractivity contribution in [2.24, 2.45) is 0 Å². The van der Waals surface area contributed by atoms with Crippen LogP contribution < -0.4 is 4.74 Å². The number of para-hydroxylation sites is 1. The van der Waals surface area contributed by atoms with Gasteiger partial charge in [-0.1, -0.05) is 60.7 Å². The van der Waals surface area contributed by atoms with E-state index in [1.807, 2.05) is 97.2 Å². The number of rotatable bonds is 9. The largest absolute Gasteiger partial charge is 0.489 e. The molecule has 1 aromatic heterocycles. The standard InChI is InChI=1S/C33H28N4O4/c1-23-29(32(38)36(16-17-40-2)33(39)30(23)20-34)19-26-21-37(27-13-7-4-8-14-27)35-31(26)25-12-9-15-28(18-25)41-22-24-10-5-3-6-11-24/h3-15,18-19,21H,16-17,22H2,1-2H3/b29-19+. The van der Waals surface area contributed by atoms with Crippen molar-refractivity contribution in [3.8, 4) is 28.8 Å². The number of amides is 2. The van der Waals surface area contributed by atoms with Gasteiger partial charge in [-0.05, 0) is 48.4 Å². The first-order chi connectivity index (χ1) is 20.0. The summed E-state index contributed by atoms with van der Waals surface area (Å²) in [5.74, 6) is -0.429. The Labute approximate surface area is 238 Å². The fourth-order valence-electron chi connectivity index (χ4n) is 4.58. The zero-order chi connectivity index (χ0) is 28.8. The lowest BCUT2D eigenvalue weighted by molar-refractivity contribution is -0.141. The molecule has 3 aromatic carbocycles. The van der Waals surface area contributed by atoms with E-state index >= 15 is 0 Å². The number of nitrogens with zero attached hydrogens (tertiary/aromatic N) is 4. The Balaban J connectivity index is 1.59. The Morgan fingerprint density at radius 2 is 1.68 bits per heavy atom. The third-order valence-corrected chi connectivity index (χ3v) is 6.76. The monoisotopic (exact) mass is 544 g/mol. The van der Waals surface area contributed by atoms with Crippen molar-refractivity contribution < 1.29 is 19.1 Å². The maximum Gasteiger partial charge on any atom is 0.271 e. The predicted molar refractivity (Wildman–Crippen MR) is 155 cm³/mol. The summed E-state index contributed by atoms with van der Waals surface area (Å²) in [6, 6.07) is 29.1. The molecule has 204 valence electrons. The number of benzene rings is 3. The van der Waals surface area contributed by atoms with Crippen LogP contribution in [0.25, 0.3) is 23.0 Å². The molecule has 2 heterocycles. The molecule has 2 amide bonds. The van der Waals surface area contributed by atoms with Crippen molar-refractivity contribution in [2.75, 3.05) is 20.3 Å². The minimum absolute atomic E-state index is 0.0426. The molecule has 0 fully saturated rings. The SMILES string of the molecule is COCCN1C(=O)C(C#N)=C(C)/C(=C\c2cn(-c3ccccc3)nc2-c2cccc(OCc3ccccc3)c2)C1=O. The number of aromatic nitrogens is 2. The van der Waals surface area contributed by atoms with Gasteiger partial charge in [-0.3, -0.25) is 14.5 Å². The number of imide groups is 1. The fraction of sp³-hybridized carbons (Fsp3) is 0.152. The van der Waals surface area contributed by atoms with Crippen LogP contribution in [-0.4, -0.2) is 46.8 Å². The second kappa shape index (κ2) is 12.3. The third-order valence-electron chi connectivity index (χ3n) is 6.76. The number of methoxy groups -OCH3 is 1. The van der Waals surface area contributed by atoms with Gasteiger partial charge in [0.25, 0.3) is 11.8 Å². The van der Waals surface area contributed by atoms with Gasteiger partial charge in [0.1, 0.15) is 29.7 Å². The van der Waals surface area contributed by atoms with E-state index in [1.165, 1.54) is 7.11 Å². The Bertz CT molecular complexity index is 1680. The molecule has 0 radical (unpaired) electrons. The first kappa shape index (κ1) is 27.3. The second-order valence-corrected chi connectivity index (χ2v) is 9.44. The molecule has 41 heavy (non-hydrogen) atoms. The minimum atomic E-state index is -0.618. The van der Waals surface area contributed by atoms with E-state index in [1.54, 1.807) is 17.7 Å². The van der Waals surface area contributed by atoms with Gasteiger partial charge in [0.2, 0.25) is 0 Å². The first-order valence-corrected chi connectivity index (χ1v) is 13.1. The van der Waals surface area contributed by atoms with E-state index in [0.717, 1.165) is 21.7 Å². The first-order valence-electron chi connectivity index (χ1n) is 13.1. The lowest BCUT2D eigenvalue weighted by atomic mass is 9.93. The molecular weight excluding hydrogens is 516 g/mol. The number of carbonyl (C=O) groups is 2. The molecule has 0 saturated heterocycles. The van der Waals surface area contributed by atoms with Gasteiger partial charge in [-0.15, -0.1) is 0 Å². The Hall–Kier alpha value is -5.26. The Kier molecular flexibility index (Phi) is 8.18. The van der Waals surface area contributed by atoms with Gasteiger partial charge >= 0.3 is 0 Å². The topological polar surface area (TPSA) is 97.5 Å². The van der Waals surface area contributed by atoms with Crippen LogP contribution >= 0.6 is 0 Å². The van der Waals surface area contributed by atoms with E-state index < -0.39 is 11.8 Å². The normalized spacial score (nSPS) is 14.5. The van der Waals surface area contributed by atoms with Gasteiger partial charge in [-0.25, -0.2) is 4.68 Å². The number of hydrogen-bond donors (Lipinski definition) is 0. The summed E-state index contributed by atoms with van der Waals surface area (Å²) in [5, 5.41) is 14.6. The summed E-state index contributed by atoms with van der Waals surface area (Å²) in [6.45, 7) is 2.24. The van der Waals surface area contributed by atoms with Crippen LogP contribution in [0.15, 0.2) is 108 Å². The molecule has 5 rings (SSSR count). The number of nitriles is 1. The summed E-state index contributed by atoms with van der Waals surface area (Å²) >= 11 is 0. The van der Waals surface area contributed by atoms with E-state index in [0.29, 0.717) is 29.2 Å². The van der Waals surface area contributed by atoms with Crippen LogP contribution in [0, 0.1) is 11.3 Å². The van der Waals surface area contributed by atoms with Crippen molar-refractivity contribution >= 4 is 17.9 Å². The molecule has 0 spiro atoms. The van der Waals surface area contributed by atoms with E-state index in [9.17, 15) is 14.9 Å². The van der Waals surface area contributed by atoms with Gasteiger partial charge < -0.3 is 9.47 Å². The van der Waals surface area contributed by atoms with E-state index in [2.05, 4.69) is 0 Å². The van der Waals surface area contributed by atoms with Crippen LogP contribution in [-0.2, 0) is 20.9 Å². The van der Waals surface area contributed by atoms with Crippen LogP contribution in [0.2, 0.25) is 0 Å². The lowest BCUT2D eigenvalue weighted by Gasteiger charge is -2.27. The molecule has 1 aliphatic heterocycles. The van der Waals surface area contributed by atoms with Crippen molar-refractivity contribution in [1.29, 1.82) is 5.26 Å². The number of hydrogen-bond acceptors (Lipinski definition) is 6. The van der Waals surface area contributed by atoms with Gasteiger partial charge in [-0.2, -0.15) is 10.4 Å². The average molecular weight is 545 g/mol. The Morgan fingerprint density at radius 3 is 2.39 bits per heavy atom. The number of carbonyl (C=O) groups excluding carboxylic acids is 2. The fourth-order valence-corrected chi connectivity index (χ4v) is 4.58. The van der Waals surface area contributed by atoms with Crippen LogP contribution in [0.3, 0.4) is 0 Å². The lowest BCUT2D eigenvalue weighted by Crippen LogP contribution is -2.44. The quantitative estimate of drug-likeness (QED) is 0.208. The average Bonchev–Trinajstić information content (AvgIpc) is 3.44. The zero-order valence-electron chi connectivity index (χ0n) is 22.8. The highest BCUT2D eigenvalue weighted by Crippen LogP contribution is 2.32. The summed E-state index contributed by atoms with van der Waals surface area (Å²) in [6.07, 6.45) is 3.53. The second-order valence-electron chi connectivity index (χ2n) is 9.44. The number of ether oxygens (including phenoxy) is 2. The summed E-state index contributed by atoms with van der Waals surface area (Å²) < 4.78 is 12.9. The van der Waals surface area contributed by atoms with Gasteiger partial charge in [0, 0.05) is 30.0 Å². The van der Waals surface area contributed by atoms with Crippen molar-refractivity contribution in [3.63, 3.8) is 0 Å². The molecule has 0 saturated carbocycles. The maximum absolute atomic E-state index is 13.5. The summed E-state index contributed by atoms with van der Waals surface area (Å²) in [4.78, 5) is 27.4. The highest BCUT2D eigenvalue weighted by atomic mass is 16.5. The van der Waals surface area contributed by atoms with Gasteiger partial charge in [0.05, 0.1) is 18.8 Å².